The highest BCUT2D eigenvalue weighted by Crippen LogP contribution is 2.18. The number of amides is 2. The summed E-state index contributed by atoms with van der Waals surface area (Å²) < 4.78 is 2.00. The monoisotopic (exact) mass is 407 g/mol. The van der Waals surface area contributed by atoms with E-state index in [4.69, 9.17) is 11.6 Å². The molecular weight excluding hydrogens is 386 g/mol. The van der Waals surface area contributed by atoms with Crippen LogP contribution in [0.4, 0.5) is 0 Å². The van der Waals surface area contributed by atoms with Gasteiger partial charge in [-0.3, -0.25) is 9.59 Å². The van der Waals surface area contributed by atoms with Crippen molar-refractivity contribution in [3.63, 3.8) is 0 Å². The molecule has 1 aliphatic rings. The smallest absolute Gasteiger partial charge is 0.253 e. The molecule has 0 atom stereocenters. The van der Waals surface area contributed by atoms with Crippen molar-refractivity contribution in [3.8, 4) is 5.69 Å². The Hall–Kier alpha value is -3.05. The Kier molecular flexibility index (Phi) is 5.67. The van der Waals surface area contributed by atoms with Crippen molar-refractivity contribution in [1.82, 2.24) is 14.8 Å². The van der Waals surface area contributed by atoms with Gasteiger partial charge < -0.3 is 14.8 Å². The Morgan fingerprint density at radius 3 is 2.21 bits per heavy atom. The molecule has 1 aliphatic heterocycles. The fourth-order valence-corrected chi connectivity index (χ4v) is 3.82. The summed E-state index contributed by atoms with van der Waals surface area (Å²) in [7, 11) is 0. The largest absolute Gasteiger partial charge is 0.349 e. The molecule has 1 N–H and O–H groups in total. The zero-order valence-corrected chi connectivity index (χ0v) is 16.7. The van der Waals surface area contributed by atoms with Gasteiger partial charge >= 0.3 is 0 Å². The van der Waals surface area contributed by atoms with Gasteiger partial charge in [-0.1, -0.05) is 23.7 Å². The van der Waals surface area contributed by atoms with Crippen LogP contribution in [0.5, 0.6) is 0 Å². The summed E-state index contributed by atoms with van der Waals surface area (Å²) >= 11 is 6.10. The van der Waals surface area contributed by atoms with Crippen LogP contribution in [0.1, 0.15) is 33.6 Å². The van der Waals surface area contributed by atoms with E-state index < -0.39 is 0 Å². The number of benzene rings is 2. The molecule has 0 spiro atoms. The Bertz CT molecular complexity index is 991. The average Bonchev–Trinajstić information content (AvgIpc) is 3.29. The Labute approximate surface area is 174 Å². The third-order valence-electron chi connectivity index (χ3n) is 5.25. The highest BCUT2D eigenvalue weighted by molar-refractivity contribution is 6.33. The highest BCUT2D eigenvalue weighted by Gasteiger charge is 2.25. The molecule has 2 aromatic carbocycles. The average molecular weight is 408 g/mol. The van der Waals surface area contributed by atoms with E-state index in [1.807, 2.05) is 58.3 Å². The summed E-state index contributed by atoms with van der Waals surface area (Å²) in [4.78, 5) is 27.1. The van der Waals surface area contributed by atoms with Gasteiger partial charge in [0.05, 0.1) is 10.6 Å². The van der Waals surface area contributed by atoms with Gasteiger partial charge in [-0.2, -0.15) is 0 Å². The number of nitrogens with zero attached hydrogens (tertiary/aromatic N) is 2. The van der Waals surface area contributed by atoms with Gasteiger partial charge in [0, 0.05) is 42.8 Å². The predicted molar refractivity (Wildman–Crippen MR) is 114 cm³/mol. The van der Waals surface area contributed by atoms with Crippen LogP contribution in [0, 0.1) is 0 Å². The lowest BCUT2D eigenvalue weighted by molar-refractivity contribution is 0.0698. The maximum atomic E-state index is 12.8. The van der Waals surface area contributed by atoms with Gasteiger partial charge in [0.1, 0.15) is 0 Å². The summed E-state index contributed by atoms with van der Waals surface area (Å²) in [6, 6.07) is 18.6. The maximum absolute atomic E-state index is 12.8. The fourth-order valence-electron chi connectivity index (χ4n) is 3.60. The first kappa shape index (κ1) is 19.3. The van der Waals surface area contributed by atoms with E-state index >= 15 is 0 Å². The van der Waals surface area contributed by atoms with Crippen LogP contribution in [-0.4, -0.2) is 40.4 Å². The SMILES string of the molecule is O=C(NC1CCN(C(=O)c2ccc(-n3cccc3)cc2)CC1)c1ccccc1Cl. The Balaban J connectivity index is 1.33. The standard InChI is InChI=1S/C23H22ClN3O2/c24-21-6-2-1-5-20(21)22(28)25-18-11-15-27(16-12-18)23(29)17-7-9-19(10-8-17)26-13-3-4-14-26/h1-10,13-14,18H,11-12,15-16H2,(H,25,28). The third kappa shape index (κ3) is 4.35. The van der Waals surface area contributed by atoms with Crippen molar-refractivity contribution in [3.05, 3.63) is 89.2 Å². The topological polar surface area (TPSA) is 54.3 Å². The summed E-state index contributed by atoms with van der Waals surface area (Å²) in [5, 5.41) is 3.48. The summed E-state index contributed by atoms with van der Waals surface area (Å²) in [6.45, 7) is 1.23. The molecule has 1 saturated heterocycles. The zero-order valence-electron chi connectivity index (χ0n) is 15.9. The summed E-state index contributed by atoms with van der Waals surface area (Å²) in [6.07, 6.45) is 5.39. The van der Waals surface area contributed by atoms with Crippen molar-refractivity contribution in [2.24, 2.45) is 0 Å². The van der Waals surface area contributed by atoms with E-state index in [2.05, 4.69) is 5.32 Å². The van der Waals surface area contributed by atoms with E-state index in [0.717, 1.165) is 18.5 Å². The first-order valence-corrected chi connectivity index (χ1v) is 10.1. The van der Waals surface area contributed by atoms with Gasteiger partial charge in [-0.25, -0.2) is 0 Å². The number of aromatic nitrogens is 1. The molecule has 0 radical (unpaired) electrons. The molecule has 4 rings (SSSR count). The minimum Gasteiger partial charge on any atom is -0.349 e. The number of carbonyl (C=O) groups excluding carboxylic acids is 2. The molecule has 0 aliphatic carbocycles. The van der Waals surface area contributed by atoms with Crippen LogP contribution in [0.3, 0.4) is 0 Å². The molecule has 6 heteroatoms. The maximum Gasteiger partial charge on any atom is 0.253 e. The first-order valence-electron chi connectivity index (χ1n) is 9.70. The normalized spacial score (nSPS) is 14.6. The van der Waals surface area contributed by atoms with E-state index in [9.17, 15) is 9.59 Å². The van der Waals surface area contributed by atoms with Crippen LogP contribution in [0.15, 0.2) is 73.1 Å². The van der Waals surface area contributed by atoms with Crippen LogP contribution >= 0.6 is 11.6 Å². The molecule has 5 nitrogen and oxygen atoms in total. The van der Waals surface area contributed by atoms with Crippen molar-refractivity contribution in [2.45, 2.75) is 18.9 Å². The molecule has 2 amide bonds. The number of piperidine rings is 1. The number of nitrogens with one attached hydrogen (secondary N) is 1. The van der Waals surface area contributed by atoms with E-state index in [0.29, 0.717) is 29.2 Å². The minimum absolute atomic E-state index is 0.0277. The van der Waals surface area contributed by atoms with Gasteiger partial charge in [-0.05, 0) is 61.4 Å². The lowest BCUT2D eigenvalue weighted by Crippen LogP contribution is -2.46. The molecule has 2 heterocycles. The number of hydrogen-bond donors (Lipinski definition) is 1. The summed E-state index contributed by atoms with van der Waals surface area (Å²) in [5.74, 6) is -0.138. The van der Waals surface area contributed by atoms with Crippen molar-refractivity contribution >= 4 is 23.4 Å². The number of carbonyl (C=O) groups is 2. The van der Waals surface area contributed by atoms with Crippen molar-refractivity contribution in [2.75, 3.05) is 13.1 Å². The predicted octanol–water partition coefficient (Wildman–Crippen LogP) is 4.17. The second-order valence-electron chi connectivity index (χ2n) is 7.16. The molecule has 3 aromatic rings. The van der Waals surface area contributed by atoms with E-state index in [1.54, 1.807) is 24.3 Å². The van der Waals surface area contributed by atoms with Crippen LogP contribution in [0.25, 0.3) is 5.69 Å². The van der Waals surface area contributed by atoms with Gasteiger partial charge in [0.25, 0.3) is 11.8 Å². The third-order valence-corrected chi connectivity index (χ3v) is 5.58. The van der Waals surface area contributed by atoms with Crippen molar-refractivity contribution < 1.29 is 9.59 Å². The molecule has 1 fully saturated rings. The minimum atomic E-state index is -0.166. The van der Waals surface area contributed by atoms with Crippen LogP contribution in [0.2, 0.25) is 5.02 Å². The fraction of sp³-hybridized carbons (Fsp3) is 0.217. The first-order chi connectivity index (χ1) is 14.1. The molecular formula is C23H22ClN3O2. The number of rotatable bonds is 4. The molecule has 148 valence electrons. The number of likely N-dealkylation sites (tertiary alicyclic amines) is 1. The van der Waals surface area contributed by atoms with E-state index in [1.165, 1.54) is 0 Å². The second kappa shape index (κ2) is 8.53. The molecule has 29 heavy (non-hydrogen) atoms. The van der Waals surface area contributed by atoms with Crippen LogP contribution in [-0.2, 0) is 0 Å². The van der Waals surface area contributed by atoms with Crippen LogP contribution < -0.4 is 5.32 Å². The number of halogens is 1. The van der Waals surface area contributed by atoms with E-state index in [-0.39, 0.29) is 17.9 Å². The Morgan fingerprint density at radius 1 is 0.897 bits per heavy atom. The zero-order chi connectivity index (χ0) is 20.2. The lowest BCUT2D eigenvalue weighted by Gasteiger charge is -2.32. The lowest BCUT2D eigenvalue weighted by atomic mass is 10.0. The number of hydrogen-bond acceptors (Lipinski definition) is 2. The highest BCUT2D eigenvalue weighted by atomic mass is 35.5. The van der Waals surface area contributed by atoms with Gasteiger partial charge in [0.2, 0.25) is 0 Å². The van der Waals surface area contributed by atoms with Crippen molar-refractivity contribution in [1.29, 1.82) is 0 Å². The van der Waals surface area contributed by atoms with Gasteiger partial charge in [0.15, 0.2) is 0 Å². The Morgan fingerprint density at radius 2 is 1.55 bits per heavy atom. The van der Waals surface area contributed by atoms with Gasteiger partial charge in [-0.15, -0.1) is 0 Å². The molecule has 0 unspecified atom stereocenters. The molecule has 0 saturated carbocycles. The quantitative estimate of drug-likeness (QED) is 0.705. The molecule has 1 aromatic heterocycles. The summed E-state index contributed by atoms with van der Waals surface area (Å²) in [5.41, 5.74) is 2.18. The molecule has 0 bridgehead atoms. The second-order valence-corrected chi connectivity index (χ2v) is 7.56.